The number of fused-ring (bicyclic) bond motifs is 1. The van der Waals surface area contributed by atoms with E-state index in [9.17, 15) is 29.4 Å². The van der Waals surface area contributed by atoms with Gasteiger partial charge >= 0.3 is 11.9 Å². The smallest absolute Gasteiger partial charge is 0.352 e. The lowest BCUT2D eigenvalue weighted by Gasteiger charge is -2.49. The summed E-state index contributed by atoms with van der Waals surface area (Å²) in [6, 6.07) is 2.36. The fourth-order valence-corrected chi connectivity index (χ4v) is 6.33. The molecule has 0 saturated carbocycles. The molecule has 2 aromatic rings. The Bertz CT molecular complexity index is 1130. The highest BCUT2D eigenvalue weighted by atomic mass is 32.2. The fraction of sp³-hybridized carbons (Fsp3) is 0.333. The number of amides is 2. The van der Waals surface area contributed by atoms with E-state index in [4.69, 9.17) is 5.11 Å². The van der Waals surface area contributed by atoms with Gasteiger partial charge in [-0.1, -0.05) is 17.8 Å². The van der Waals surface area contributed by atoms with Crippen LogP contribution >= 0.6 is 34.9 Å². The number of aliphatic hydroxyl groups is 1. The Morgan fingerprint density at radius 2 is 2.15 bits per heavy atom. The van der Waals surface area contributed by atoms with Crippen LogP contribution in [-0.4, -0.2) is 82.1 Å². The zero-order valence-electron chi connectivity index (χ0n) is 16.6. The molecular weight excluding hydrogens is 494 g/mol. The Morgan fingerprint density at radius 1 is 1.36 bits per heavy atom. The number of hydrogen-bond acceptors (Lipinski definition) is 10. The molecule has 2 unspecified atom stereocenters. The van der Waals surface area contributed by atoms with Gasteiger partial charge in [0.2, 0.25) is 5.16 Å². The largest absolute Gasteiger partial charge is 0.481 e. The molecular formula is C18H17N5O7S3. The number of hydrogen-bond donors (Lipinski definition) is 5. The molecule has 3 atom stereocenters. The number of carboxylic acids is 2. The maximum absolute atomic E-state index is 12.7. The molecule has 4 rings (SSSR count). The van der Waals surface area contributed by atoms with Crippen molar-refractivity contribution in [2.45, 2.75) is 29.1 Å². The average molecular weight is 512 g/mol. The van der Waals surface area contributed by atoms with Crippen molar-refractivity contribution >= 4 is 58.6 Å². The number of β-lactam (4-membered cyclic amide) rings is 1. The summed E-state index contributed by atoms with van der Waals surface area (Å²) in [4.78, 5) is 53.4. The molecule has 0 bridgehead atoms. The number of H-pyrrole nitrogens is 1. The quantitative estimate of drug-likeness (QED) is 0.226. The van der Waals surface area contributed by atoms with Gasteiger partial charge in [0.1, 0.15) is 29.4 Å². The lowest BCUT2D eigenvalue weighted by molar-refractivity contribution is -0.151. The highest BCUT2D eigenvalue weighted by molar-refractivity contribution is 8.01. The molecule has 0 aromatic carbocycles. The maximum atomic E-state index is 12.7. The first-order valence-corrected chi connectivity index (χ1v) is 12.4. The van der Waals surface area contributed by atoms with E-state index in [1.165, 1.54) is 23.1 Å². The molecule has 2 aliphatic rings. The van der Waals surface area contributed by atoms with Gasteiger partial charge in [-0.15, -0.1) is 28.2 Å². The zero-order valence-corrected chi connectivity index (χ0v) is 19.1. The summed E-state index contributed by atoms with van der Waals surface area (Å²) in [5, 5.41) is 39.0. The molecule has 174 valence electrons. The molecule has 2 aromatic heterocycles. The van der Waals surface area contributed by atoms with Crippen molar-refractivity contribution in [2.24, 2.45) is 0 Å². The zero-order chi connectivity index (χ0) is 23.7. The average Bonchev–Trinajstić information content (AvgIpc) is 3.46. The molecule has 4 heterocycles. The number of thioether (sulfide) groups is 2. The van der Waals surface area contributed by atoms with E-state index < -0.39 is 41.3 Å². The number of carbonyl (C=O) groups is 4. The minimum atomic E-state index is -1.41. The first kappa shape index (κ1) is 23.3. The van der Waals surface area contributed by atoms with Gasteiger partial charge in [-0.25, -0.2) is 9.78 Å². The Kier molecular flexibility index (Phi) is 6.73. The van der Waals surface area contributed by atoms with Crippen LogP contribution in [0.25, 0.3) is 0 Å². The van der Waals surface area contributed by atoms with E-state index in [1.54, 1.807) is 17.5 Å². The van der Waals surface area contributed by atoms with E-state index in [2.05, 4.69) is 20.5 Å². The second kappa shape index (κ2) is 9.54. The third kappa shape index (κ3) is 4.75. The van der Waals surface area contributed by atoms with Gasteiger partial charge in [-0.05, 0) is 17.0 Å². The molecule has 2 aliphatic heterocycles. The molecule has 0 aliphatic carbocycles. The van der Waals surface area contributed by atoms with Gasteiger partial charge < -0.3 is 20.6 Å². The van der Waals surface area contributed by atoms with Gasteiger partial charge in [0.15, 0.2) is 6.10 Å². The molecule has 0 radical (unpaired) electrons. The Hall–Kier alpha value is -2.88. The van der Waals surface area contributed by atoms with Crippen LogP contribution in [0.5, 0.6) is 0 Å². The second-order valence-electron chi connectivity index (χ2n) is 7.00. The van der Waals surface area contributed by atoms with Crippen molar-refractivity contribution in [3.8, 4) is 0 Å². The highest BCUT2D eigenvalue weighted by Crippen LogP contribution is 2.41. The number of aromatic amines is 1. The van der Waals surface area contributed by atoms with Gasteiger partial charge in [-0.2, -0.15) is 0 Å². The van der Waals surface area contributed by atoms with Crippen LogP contribution in [-0.2, 0) is 25.6 Å². The summed E-state index contributed by atoms with van der Waals surface area (Å²) in [5.41, 5.74) is 0.330. The minimum absolute atomic E-state index is 0.151. The van der Waals surface area contributed by atoms with E-state index in [-0.39, 0.29) is 28.9 Å². The molecule has 12 nitrogen and oxygen atoms in total. The summed E-state index contributed by atoms with van der Waals surface area (Å²) in [7, 11) is 0. The topological polar surface area (TPSA) is 186 Å². The van der Waals surface area contributed by atoms with Gasteiger partial charge in [-0.3, -0.25) is 24.4 Å². The number of thiophene rings is 1. The van der Waals surface area contributed by atoms with E-state index in [1.807, 2.05) is 0 Å². The van der Waals surface area contributed by atoms with Crippen LogP contribution in [0.15, 0.2) is 33.9 Å². The highest BCUT2D eigenvalue weighted by Gasteiger charge is 2.54. The first-order valence-electron chi connectivity index (χ1n) is 9.44. The Labute approximate surface area is 198 Å². The molecule has 2 amide bonds. The molecule has 5 N–H and O–H groups in total. The number of aromatic nitrogens is 3. The van der Waals surface area contributed by atoms with E-state index >= 15 is 0 Å². The predicted molar refractivity (Wildman–Crippen MR) is 117 cm³/mol. The summed E-state index contributed by atoms with van der Waals surface area (Å²) in [5.74, 6) is -2.96. The number of aliphatic hydroxyl groups excluding tert-OH is 1. The summed E-state index contributed by atoms with van der Waals surface area (Å²) in [6.07, 6.45) is -1.72. The summed E-state index contributed by atoms with van der Waals surface area (Å²) in [6.45, 7) is 0. The third-order valence-corrected chi connectivity index (χ3v) is 8.01. The number of carboxylic acid groups (broad SMARTS) is 2. The van der Waals surface area contributed by atoms with Crippen molar-refractivity contribution in [2.75, 3.05) is 11.5 Å². The van der Waals surface area contributed by atoms with Crippen molar-refractivity contribution in [1.29, 1.82) is 0 Å². The molecule has 1 fully saturated rings. The fourth-order valence-electron chi connectivity index (χ4n) is 3.32. The maximum Gasteiger partial charge on any atom is 0.352 e. The molecule has 1 saturated heterocycles. The lowest BCUT2D eigenvalue weighted by atomic mass is 10.0. The monoisotopic (exact) mass is 511 g/mol. The summed E-state index contributed by atoms with van der Waals surface area (Å²) < 4.78 is 0. The van der Waals surface area contributed by atoms with Gasteiger partial charge in [0.05, 0.1) is 0 Å². The van der Waals surface area contributed by atoms with Crippen molar-refractivity contribution in [1.82, 2.24) is 25.4 Å². The van der Waals surface area contributed by atoms with Crippen molar-refractivity contribution in [3.63, 3.8) is 0 Å². The molecule has 15 heteroatoms. The van der Waals surface area contributed by atoms with Gasteiger partial charge in [0, 0.05) is 16.4 Å². The van der Waals surface area contributed by atoms with Crippen molar-refractivity contribution in [3.05, 3.63) is 39.5 Å². The number of nitrogens with zero attached hydrogens (tertiary/aromatic N) is 3. The van der Waals surface area contributed by atoms with Crippen LogP contribution < -0.4 is 5.32 Å². The number of nitrogens with one attached hydrogen (secondary N) is 2. The van der Waals surface area contributed by atoms with Crippen molar-refractivity contribution < 1.29 is 34.5 Å². The number of carbonyl (C=O) groups excluding carboxylic acids is 2. The lowest BCUT2D eigenvalue weighted by Crippen LogP contribution is -2.70. The van der Waals surface area contributed by atoms with Crippen LogP contribution in [0.2, 0.25) is 0 Å². The molecule has 0 spiro atoms. The van der Waals surface area contributed by atoms with E-state index in [0.29, 0.717) is 16.2 Å². The Balaban J connectivity index is 1.43. The normalized spacial score (nSPS) is 20.8. The van der Waals surface area contributed by atoms with Crippen LogP contribution in [0.1, 0.15) is 16.8 Å². The first-order chi connectivity index (χ1) is 15.8. The predicted octanol–water partition coefficient (Wildman–Crippen LogP) is 0.0576. The number of aliphatic carboxylic acids is 2. The Morgan fingerprint density at radius 3 is 2.82 bits per heavy atom. The second-order valence-corrected chi connectivity index (χ2v) is 10.0. The third-order valence-electron chi connectivity index (χ3n) is 4.81. The summed E-state index contributed by atoms with van der Waals surface area (Å²) >= 11 is 3.63. The van der Waals surface area contributed by atoms with E-state index in [0.717, 1.165) is 16.7 Å². The van der Waals surface area contributed by atoms with Gasteiger partial charge in [0.25, 0.3) is 11.8 Å². The standard InChI is InChI=1S/C18H17N5O7S3/c24-10(25)4-9-19-18(22-21-9)33-6-7-5-32-16-11(15(28)23(16)12(7)17(29)30)20-14(27)13(26)8-2-1-3-31-8/h1-3,11,13,16,26H,4-6H2,(H,20,27)(H,24,25)(H,29,30)(H,19,21,22)/t11?,13?,16-/m1/s1. The SMILES string of the molecule is O=C(O)Cc1nc(SCC2=C(C(=O)O)N3C(=O)C(NC(=O)C(O)c4cccs4)[C@H]3SC2)n[nH]1. The van der Waals surface area contributed by atoms with Crippen LogP contribution in [0, 0.1) is 0 Å². The number of rotatable bonds is 9. The van der Waals surface area contributed by atoms with Crippen LogP contribution in [0.4, 0.5) is 0 Å². The van der Waals surface area contributed by atoms with Crippen LogP contribution in [0.3, 0.4) is 0 Å². The molecule has 33 heavy (non-hydrogen) atoms. The minimum Gasteiger partial charge on any atom is -0.481 e.